The van der Waals surface area contributed by atoms with E-state index in [1.807, 2.05) is 6.92 Å². The molecule has 0 aromatic carbocycles. The molecule has 1 aliphatic rings. The van der Waals surface area contributed by atoms with Gasteiger partial charge in [0.1, 0.15) is 0 Å². The van der Waals surface area contributed by atoms with Gasteiger partial charge in [0.2, 0.25) is 0 Å². The maximum Gasteiger partial charge on any atom is 0.151 e. The summed E-state index contributed by atoms with van der Waals surface area (Å²) in [5.41, 5.74) is 1.72. The van der Waals surface area contributed by atoms with Crippen molar-refractivity contribution in [2.75, 3.05) is 11.5 Å². The fourth-order valence-corrected chi connectivity index (χ4v) is 3.42. The van der Waals surface area contributed by atoms with E-state index >= 15 is 0 Å². The fraction of sp³-hybridized carbons (Fsp3) is 0.600. The zero-order valence-corrected chi connectivity index (χ0v) is 10.00. The van der Waals surface area contributed by atoms with E-state index in [9.17, 15) is 8.42 Å². The lowest BCUT2D eigenvalue weighted by atomic mass is 10.2. The van der Waals surface area contributed by atoms with Crippen LogP contribution >= 0.6 is 0 Å². The van der Waals surface area contributed by atoms with Gasteiger partial charge in [0.25, 0.3) is 0 Å². The van der Waals surface area contributed by atoms with Crippen molar-refractivity contribution < 1.29 is 8.42 Å². The van der Waals surface area contributed by atoms with Crippen molar-refractivity contribution in [2.45, 2.75) is 25.9 Å². The first-order valence-electron chi connectivity index (χ1n) is 5.26. The second-order valence-electron chi connectivity index (χ2n) is 4.13. The van der Waals surface area contributed by atoms with E-state index in [1.54, 1.807) is 12.4 Å². The van der Waals surface area contributed by atoms with Crippen LogP contribution in [0.5, 0.6) is 0 Å². The molecule has 0 bridgehead atoms. The number of rotatable bonds is 3. The molecule has 0 radical (unpaired) electrons. The van der Waals surface area contributed by atoms with Crippen molar-refractivity contribution in [3.8, 4) is 0 Å². The largest absolute Gasteiger partial charge is 0.307 e. The molecule has 1 aromatic rings. The van der Waals surface area contributed by atoms with Crippen LogP contribution in [0, 0.1) is 6.92 Å². The number of nitrogens with zero attached hydrogens (tertiary/aromatic N) is 2. The monoisotopic (exact) mass is 241 g/mol. The maximum atomic E-state index is 11.2. The van der Waals surface area contributed by atoms with E-state index in [0.717, 1.165) is 11.4 Å². The van der Waals surface area contributed by atoms with E-state index in [2.05, 4.69) is 15.3 Å². The molecule has 1 fully saturated rings. The van der Waals surface area contributed by atoms with Crippen LogP contribution in [0.4, 0.5) is 0 Å². The van der Waals surface area contributed by atoms with Crippen LogP contribution in [-0.4, -0.2) is 35.9 Å². The van der Waals surface area contributed by atoms with Gasteiger partial charge >= 0.3 is 0 Å². The van der Waals surface area contributed by atoms with Gasteiger partial charge in [-0.3, -0.25) is 9.97 Å². The maximum absolute atomic E-state index is 11.2. The van der Waals surface area contributed by atoms with E-state index in [-0.39, 0.29) is 11.8 Å². The molecule has 0 aliphatic carbocycles. The third-order valence-corrected chi connectivity index (χ3v) is 4.41. The summed E-state index contributed by atoms with van der Waals surface area (Å²) in [5.74, 6) is 0.538. The van der Waals surface area contributed by atoms with Gasteiger partial charge < -0.3 is 5.32 Å². The van der Waals surface area contributed by atoms with Crippen LogP contribution < -0.4 is 5.32 Å². The highest BCUT2D eigenvalue weighted by molar-refractivity contribution is 7.91. The summed E-state index contributed by atoms with van der Waals surface area (Å²) in [6.45, 7) is 2.46. The molecule has 0 saturated carbocycles. The molecule has 88 valence electrons. The smallest absolute Gasteiger partial charge is 0.151 e. The van der Waals surface area contributed by atoms with Crippen LogP contribution in [0.15, 0.2) is 12.4 Å². The SMILES string of the molecule is Cc1cnc(CNC2CCS(=O)(=O)C2)cn1. The molecule has 1 aromatic heterocycles. The second kappa shape index (κ2) is 4.47. The Morgan fingerprint density at radius 2 is 2.25 bits per heavy atom. The Bertz CT molecular complexity index is 455. The second-order valence-corrected chi connectivity index (χ2v) is 6.36. The Kier molecular flexibility index (Phi) is 3.20. The fourth-order valence-electron chi connectivity index (χ4n) is 1.72. The van der Waals surface area contributed by atoms with Crippen LogP contribution in [0.1, 0.15) is 17.8 Å². The molecule has 0 amide bonds. The lowest BCUT2D eigenvalue weighted by molar-refractivity contribution is 0.547. The normalized spacial score (nSPS) is 23.4. The first-order valence-corrected chi connectivity index (χ1v) is 7.09. The van der Waals surface area contributed by atoms with Crippen molar-refractivity contribution >= 4 is 9.84 Å². The molecule has 2 rings (SSSR count). The zero-order valence-electron chi connectivity index (χ0n) is 9.18. The van der Waals surface area contributed by atoms with Gasteiger partial charge in [-0.2, -0.15) is 0 Å². The van der Waals surface area contributed by atoms with Crippen molar-refractivity contribution in [1.82, 2.24) is 15.3 Å². The van der Waals surface area contributed by atoms with E-state index in [0.29, 0.717) is 18.7 Å². The first-order chi connectivity index (χ1) is 7.55. The van der Waals surface area contributed by atoms with Gasteiger partial charge in [-0.1, -0.05) is 0 Å². The highest BCUT2D eigenvalue weighted by atomic mass is 32.2. The van der Waals surface area contributed by atoms with Gasteiger partial charge in [-0.25, -0.2) is 8.42 Å². The van der Waals surface area contributed by atoms with Crippen molar-refractivity contribution in [3.63, 3.8) is 0 Å². The van der Waals surface area contributed by atoms with Gasteiger partial charge in [-0.05, 0) is 13.3 Å². The van der Waals surface area contributed by atoms with Gasteiger partial charge in [0, 0.05) is 25.0 Å². The quantitative estimate of drug-likeness (QED) is 0.810. The number of sulfone groups is 1. The Balaban J connectivity index is 1.87. The van der Waals surface area contributed by atoms with Crippen LogP contribution in [0.2, 0.25) is 0 Å². The van der Waals surface area contributed by atoms with Crippen molar-refractivity contribution in [2.24, 2.45) is 0 Å². The Morgan fingerprint density at radius 3 is 2.81 bits per heavy atom. The number of aromatic nitrogens is 2. The summed E-state index contributed by atoms with van der Waals surface area (Å²) in [4.78, 5) is 8.33. The van der Waals surface area contributed by atoms with Gasteiger partial charge in [0.05, 0.1) is 22.9 Å². The molecule has 6 heteroatoms. The Labute approximate surface area is 95.2 Å². The molecule has 1 saturated heterocycles. The summed E-state index contributed by atoms with van der Waals surface area (Å²) in [5, 5.41) is 3.19. The summed E-state index contributed by atoms with van der Waals surface area (Å²) in [6, 6.07) is 0.0631. The molecular formula is C10H15N3O2S. The number of aryl methyl sites for hydroxylation is 1. The summed E-state index contributed by atoms with van der Waals surface area (Å²) in [6.07, 6.45) is 4.12. The Hall–Kier alpha value is -1.01. The average molecular weight is 241 g/mol. The minimum atomic E-state index is -2.81. The number of hydrogen-bond acceptors (Lipinski definition) is 5. The van der Waals surface area contributed by atoms with Crippen molar-refractivity contribution in [1.29, 1.82) is 0 Å². The minimum absolute atomic E-state index is 0.0631. The predicted octanol–water partition coefficient (Wildman–Crippen LogP) is 0.0617. The highest BCUT2D eigenvalue weighted by Crippen LogP contribution is 2.11. The van der Waals surface area contributed by atoms with E-state index in [4.69, 9.17) is 0 Å². The van der Waals surface area contributed by atoms with Crippen LogP contribution in [0.25, 0.3) is 0 Å². The molecule has 1 aliphatic heterocycles. The highest BCUT2D eigenvalue weighted by Gasteiger charge is 2.27. The van der Waals surface area contributed by atoms with Crippen molar-refractivity contribution in [3.05, 3.63) is 23.8 Å². The zero-order chi connectivity index (χ0) is 11.6. The summed E-state index contributed by atoms with van der Waals surface area (Å²) >= 11 is 0. The van der Waals surface area contributed by atoms with Crippen LogP contribution in [0.3, 0.4) is 0 Å². The standard InChI is InChI=1S/C10H15N3O2S/c1-8-4-12-10(5-11-8)6-13-9-2-3-16(14,15)7-9/h4-5,9,13H,2-3,6-7H2,1H3. The van der Waals surface area contributed by atoms with Gasteiger partial charge in [0.15, 0.2) is 9.84 Å². The molecule has 1 atom stereocenters. The third-order valence-electron chi connectivity index (χ3n) is 2.64. The molecule has 5 nitrogen and oxygen atoms in total. The predicted molar refractivity (Wildman–Crippen MR) is 60.7 cm³/mol. The minimum Gasteiger partial charge on any atom is -0.307 e. The van der Waals surface area contributed by atoms with Crippen LogP contribution in [-0.2, 0) is 16.4 Å². The lowest BCUT2D eigenvalue weighted by Gasteiger charge is -2.09. The summed E-state index contributed by atoms with van der Waals surface area (Å²) < 4.78 is 22.5. The molecular weight excluding hydrogens is 226 g/mol. The number of nitrogens with one attached hydrogen (secondary N) is 1. The molecule has 1 unspecified atom stereocenters. The number of hydrogen-bond donors (Lipinski definition) is 1. The van der Waals surface area contributed by atoms with E-state index < -0.39 is 9.84 Å². The van der Waals surface area contributed by atoms with E-state index in [1.165, 1.54) is 0 Å². The molecule has 2 heterocycles. The first kappa shape index (κ1) is 11.5. The summed E-state index contributed by atoms with van der Waals surface area (Å²) in [7, 11) is -2.81. The average Bonchev–Trinajstić information content (AvgIpc) is 2.58. The topological polar surface area (TPSA) is 72.0 Å². The third kappa shape index (κ3) is 2.99. The molecule has 0 spiro atoms. The molecule has 16 heavy (non-hydrogen) atoms. The Morgan fingerprint density at radius 1 is 1.44 bits per heavy atom. The lowest BCUT2D eigenvalue weighted by Crippen LogP contribution is -2.29. The van der Waals surface area contributed by atoms with Gasteiger partial charge in [-0.15, -0.1) is 0 Å². The molecule has 1 N–H and O–H groups in total.